The Labute approximate surface area is 141 Å². The van der Waals surface area contributed by atoms with E-state index in [1.807, 2.05) is 18.7 Å². The molecule has 1 aromatic heterocycles. The van der Waals surface area contributed by atoms with E-state index >= 15 is 0 Å². The van der Waals surface area contributed by atoms with Gasteiger partial charge in [0.15, 0.2) is 5.82 Å². The first-order valence-electron chi connectivity index (χ1n) is 8.65. The number of primary amides is 1. The van der Waals surface area contributed by atoms with Gasteiger partial charge in [-0.25, -0.2) is 4.79 Å². The zero-order valence-corrected chi connectivity index (χ0v) is 14.3. The highest BCUT2D eigenvalue weighted by Gasteiger charge is 2.38. The Hall–Kier alpha value is -2.12. The molecule has 2 aliphatic heterocycles. The highest BCUT2D eigenvalue weighted by atomic mass is 16.5. The van der Waals surface area contributed by atoms with Gasteiger partial charge in [0.05, 0.1) is 12.0 Å². The molecule has 1 aromatic rings. The molecule has 0 saturated carbocycles. The van der Waals surface area contributed by atoms with Crippen LogP contribution >= 0.6 is 0 Å². The van der Waals surface area contributed by atoms with Crippen molar-refractivity contribution in [3.63, 3.8) is 0 Å². The smallest absolute Gasteiger partial charge is 0.314 e. The summed E-state index contributed by atoms with van der Waals surface area (Å²) in [6.45, 7) is 5.72. The van der Waals surface area contributed by atoms with Gasteiger partial charge in [-0.2, -0.15) is 4.98 Å². The Bertz CT molecular complexity index is 615. The first-order valence-corrected chi connectivity index (χ1v) is 8.65. The molecule has 2 fully saturated rings. The fourth-order valence-electron chi connectivity index (χ4n) is 3.53. The van der Waals surface area contributed by atoms with Crippen LogP contribution in [0.1, 0.15) is 63.2 Å². The van der Waals surface area contributed by atoms with Crippen molar-refractivity contribution in [2.75, 3.05) is 19.6 Å². The van der Waals surface area contributed by atoms with Gasteiger partial charge < -0.3 is 20.1 Å². The second kappa shape index (κ2) is 6.78. The first-order chi connectivity index (χ1) is 11.5. The number of hydrogen-bond donors (Lipinski definition) is 1. The number of carbonyl (C=O) groups excluding carboxylic acids is 2. The Kier molecular flexibility index (Phi) is 4.73. The van der Waals surface area contributed by atoms with E-state index in [0.29, 0.717) is 31.3 Å². The highest BCUT2D eigenvalue weighted by molar-refractivity contribution is 5.81. The van der Waals surface area contributed by atoms with E-state index in [-0.39, 0.29) is 23.8 Å². The average Bonchev–Trinajstić information content (AvgIpc) is 3.23. The molecule has 0 radical (unpaired) electrons. The summed E-state index contributed by atoms with van der Waals surface area (Å²) >= 11 is 0. The molecule has 3 amide bonds. The van der Waals surface area contributed by atoms with Crippen LogP contribution in [0.15, 0.2) is 4.52 Å². The van der Waals surface area contributed by atoms with E-state index in [2.05, 4.69) is 10.1 Å². The van der Waals surface area contributed by atoms with Crippen LogP contribution in [0.4, 0.5) is 4.79 Å². The minimum Gasteiger partial charge on any atom is -0.351 e. The molecule has 24 heavy (non-hydrogen) atoms. The van der Waals surface area contributed by atoms with Crippen molar-refractivity contribution in [3.05, 3.63) is 11.7 Å². The second-order valence-corrected chi connectivity index (χ2v) is 6.96. The summed E-state index contributed by atoms with van der Waals surface area (Å²) in [6, 6.07) is -0.581. The summed E-state index contributed by atoms with van der Waals surface area (Å²) in [4.78, 5) is 32.2. The quantitative estimate of drug-likeness (QED) is 0.904. The SMILES string of the molecule is CC(C)c1nc([C@H]2CCCN2C(=O)[C@H]2CCCN(C(N)=O)C2)no1. The Balaban J connectivity index is 1.72. The molecule has 2 N–H and O–H groups in total. The fraction of sp³-hybridized carbons (Fsp3) is 0.750. The van der Waals surface area contributed by atoms with Crippen LogP contribution in [0.25, 0.3) is 0 Å². The maximum absolute atomic E-state index is 13.0. The largest absolute Gasteiger partial charge is 0.351 e. The second-order valence-electron chi connectivity index (χ2n) is 6.96. The third kappa shape index (κ3) is 3.22. The number of piperidine rings is 1. The third-order valence-electron chi connectivity index (χ3n) is 4.87. The number of hydrogen-bond acceptors (Lipinski definition) is 5. The van der Waals surface area contributed by atoms with E-state index in [1.54, 1.807) is 4.90 Å². The molecular weight excluding hydrogens is 310 g/mol. The number of carbonyl (C=O) groups is 2. The molecule has 0 unspecified atom stereocenters. The van der Waals surface area contributed by atoms with Crippen LogP contribution in [0.5, 0.6) is 0 Å². The van der Waals surface area contributed by atoms with Crippen molar-refractivity contribution >= 4 is 11.9 Å². The van der Waals surface area contributed by atoms with Gasteiger partial charge >= 0.3 is 6.03 Å². The molecule has 0 aromatic carbocycles. The van der Waals surface area contributed by atoms with Crippen molar-refractivity contribution in [1.82, 2.24) is 19.9 Å². The summed E-state index contributed by atoms with van der Waals surface area (Å²) in [5.41, 5.74) is 5.36. The molecule has 3 heterocycles. The number of nitrogens with two attached hydrogens (primary N) is 1. The van der Waals surface area contributed by atoms with Gasteiger partial charge in [-0.3, -0.25) is 4.79 Å². The molecule has 0 aliphatic carbocycles. The standard InChI is InChI=1S/C16H25N5O3/c1-10(2)14-18-13(19-24-14)12-6-4-8-21(12)15(22)11-5-3-7-20(9-11)16(17)23/h10-12H,3-9H2,1-2H3,(H2,17,23)/t11-,12+/m0/s1. The summed E-state index contributed by atoms with van der Waals surface area (Å²) in [5.74, 6) is 1.23. The van der Waals surface area contributed by atoms with E-state index in [0.717, 1.165) is 25.7 Å². The maximum atomic E-state index is 13.0. The van der Waals surface area contributed by atoms with Crippen LogP contribution in [0.2, 0.25) is 0 Å². The Morgan fingerprint density at radius 1 is 1.25 bits per heavy atom. The first kappa shape index (κ1) is 16.7. The minimum absolute atomic E-state index is 0.0688. The summed E-state index contributed by atoms with van der Waals surface area (Å²) < 4.78 is 5.29. The van der Waals surface area contributed by atoms with Crippen molar-refractivity contribution < 1.29 is 14.1 Å². The zero-order chi connectivity index (χ0) is 17.3. The highest BCUT2D eigenvalue weighted by Crippen LogP contribution is 2.33. The van der Waals surface area contributed by atoms with Gasteiger partial charge in [-0.05, 0) is 25.7 Å². The summed E-state index contributed by atoms with van der Waals surface area (Å²) in [6.07, 6.45) is 3.36. The summed E-state index contributed by atoms with van der Waals surface area (Å²) in [7, 11) is 0. The number of nitrogens with zero attached hydrogens (tertiary/aromatic N) is 4. The normalized spacial score (nSPS) is 24.6. The Morgan fingerprint density at radius 3 is 2.67 bits per heavy atom. The number of likely N-dealkylation sites (tertiary alicyclic amines) is 2. The lowest BCUT2D eigenvalue weighted by atomic mass is 9.96. The topological polar surface area (TPSA) is 106 Å². The van der Waals surface area contributed by atoms with Crippen LogP contribution in [-0.2, 0) is 4.79 Å². The number of urea groups is 1. The van der Waals surface area contributed by atoms with Crippen molar-refractivity contribution in [2.45, 2.75) is 51.5 Å². The molecular formula is C16H25N5O3. The lowest BCUT2D eigenvalue weighted by molar-refractivity contribution is -0.138. The van der Waals surface area contributed by atoms with Gasteiger partial charge in [0.2, 0.25) is 11.8 Å². The lowest BCUT2D eigenvalue weighted by Crippen LogP contribution is -2.48. The molecule has 8 heteroatoms. The van der Waals surface area contributed by atoms with Crippen LogP contribution in [0.3, 0.4) is 0 Å². The van der Waals surface area contributed by atoms with Crippen LogP contribution < -0.4 is 5.73 Å². The van der Waals surface area contributed by atoms with Gasteiger partial charge in [0.25, 0.3) is 0 Å². The van der Waals surface area contributed by atoms with Crippen molar-refractivity contribution in [1.29, 1.82) is 0 Å². The van der Waals surface area contributed by atoms with Crippen LogP contribution in [0, 0.1) is 5.92 Å². The van der Waals surface area contributed by atoms with Crippen molar-refractivity contribution in [2.24, 2.45) is 11.7 Å². The van der Waals surface area contributed by atoms with E-state index < -0.39 is 6.03 Å². The number of rotatable bonds is 3. The van der Waals surface area contributed by atoms with E-state index in [1.165, 1.54) is 0 Å². The molecule has 0 spiro atoms. The molecule has 132 valence electrons. The lowest BCUT2D eigenvalue weighted by Gasteiger charge is -2.34. The predicted molar refractivity (Wildman–Crippen MR) is 86.0 cm³/mol. The van der Waals surface area contributed by atoms with Gasteiger partial charge in [-0.15, -0.1) is 0 Å². The number of amides is 3. The molecule has 2 saturated heterocycles. The maximum Gasteiger partial charge on any atom is 0.314 e. The summed E-state index contributed by atoms with van der Waals surface area (Å²) in [5, 5.41) is 4.08. The van der Waals surface area contributed by atoms with Gasteiger partial charge in [-0.1, -0.05) is 19.0 Å². The van der Waals surface area contributed by atoms with E-state index in [4.69, 9.17) is 10.3 Å². The molecule has 0 bridgehead atoms. The molecule has 3 rings (SSSR count). The fourth-order valence-corrected chi connectivity index (χ4v) is 3.53. The Morgan fingerprint density at radius 2 is 2.00 bits per heavy atom. The van der Waals surface area contributed by atoms with Crippen molar-refractivity contribution in [3.8, 4) is 0 Å². The van der Waals surface area contributed by atoms with Gasteiger partial charge in [0, 0.05) is 25.6 Å². The molecule has 8 nitrogen and oxygen atoms in total. The number of aromatic nitrogens is 2. The van der Waals surface area contributed by atoms with E-state index in [9.17, 15) is 9.59 Å². The van der Waals surface area contributed by atoms with Crippen LogP contribution in [-0.4, -0.2) is 51.5 Å². The minimum atomic E-state index is -0.454. The monoisotopic (exact) mass is 335 g/mol. The van der Waals surface area contributed by atoms with Gasteiger partial charge in [0.1, 0.15) is 0 Å². The molecule has 2 atom stereocenters. The zero-order valence-electron chi connectivity index (χ0n) is 14.3. The third-order valence-corrected chi connectivity index (χ3v) is 4.87. The molecule has 2 aliphatic rings. The average molecular weight is 335 g/mol. The predicted octanol–water partition coefficient (Wildman–Crippen LogP) is 1.65.